The van der Waals surface area contributed by atoms with E-state index in [0.717, 1.165) is 74.9 Å². The Morgan fingerprint density at radius 3 is 2.48 bits per heavy atom. The van der Waals surface area contributed by atoms with Crippen LogP contribution in [0.4, 0.5) is 5.69 Å². The molecule has 3 aliphatic heterocycles. The van der Waals surface area contributed by atoms with Gasteiger partial charge in [-0.15, -0.1) is 0 Å². The highest BCUT2D eigenvalue weighted by atomic mass is 16.5. The molecular formula is C25H29N3O3. The molecule has 5 rings (SSSR count). The number of nitrogens with zero attached hydrogens (tertiary/aromatic N) is 3. The van der Waals surface area contributed by atoms with Crippen LogP contribution in [0.15, 0.2) is 36.4 Å². The van der Waals surface area contributed by atoms with Gasteiger partial charge in [0.2, 0.25) is 0 Å². The summed E-state index contributed by atoms with van der Waals surface area (Å²) in [5.74, 6) is -0.0758. The predicted molar refractivity (Wildman–Crippen MR) is 119 cm³/mol. The zero-order valence-corrected chi connectivity index (χ0v) is 17.8. The zero-order chi connectivity index (χ0) is 21.2. The summed E-state index contributed by atoms with van der Waals surface area (Å²) < 4.78 is 11.3. The van der Waals surface area contributed by atoms with Gasteiger partial charge in [0.05, 0.1) is 31.3 Å². The van der Waals surface area contributed by atoms with E-state index in [1.807, 2.05) is 24.3 Å². The Morgan fingerprint density at radius 2 is 1.77 bits per heavy atom. The van der Waals surface area contributed by atoms with Gasteiger partial charge < -0.3 is 14.4 Å². The lowest BCUT2D eigenvalue weighted by Crippen LogP contribution is -2.46. The zero-order valence-electron chi connectivity index (χ0n) is 17.8. The molecule has 0 aromatic heterocycles. The number of nitriles is 1. The third-order valence-electron chi connectivity index (χ3n) is 7.02. The number of hydrogen-bond acceptors (Lipinski definition) is 6. The third kappa shape index (κ3) is 4.13. The number of carbonyl (C=O) groups excluding carboxylic acids is 1. The second kappa shape index (κ2) is 8.86. The largest absolute Gasteiger partial charge is 0.462 e. The Labute approximate surface area is 183 Å². The van der Waals surface area contributed by atoms with Crippen molar-refractivity contribution < 1.29 is 14.3 Å². The minimum atomic E-state index is -0.0758. The summed E-state index contributed by atoms with van der Waals surface area (Å²) in [5.41, 5.74) is 1.93. The van der Waals surface area contributed by atoms with Crippen LogP contribution < -0.4 is 4.90 Å². The lowest BCUT2D eigenvalue weighted by molar-refractivity contribution is -0.151. The fourth-order valence-corrected chi connectivity index (χ4v) is 5.54. The minimum absolute atomic E-state index is 0.00980. The summed E-state index contributed by atoms with van der Waals surface area (Å²) in [6.45, 7) is 4.05. The SMILES string of the molecule is N#Cc1ccc(N2C3CCC2CC(OC(=O)CCN2CCOCC2)C3)c2ccccc12. The van der Waals surface area contributed by atoms with Gasteiger partial charge in [-0.3, -0.25) is 9.69 Å². The van der Waals surface area contributed by atoms with Crippen molar-refractivity contribution in [1.29, 1.82) is 5.26 Å². The smallest absolute Gasteiger partial charge is 0.307 e. The third-order valence-corrected chi connectivity index (χ3v) is 7.02. The molecule has 0 amide bonds. The number of benzene rings is 2. The Kier molecular flexibility index (Phi) is 5.80. The molecule has 0 aliphatic carbocycles. The topological polar surface area (TPSA) is 65.8 Å². The van der Waals surface area contributed by atoms with Crippen LogP contribution in [0.3, 0.4) is 0 Å². The molecule has 2 aromatic carbocycles. The second-order valence-corrected chi connectivity index (χ2v) is 8.87. The molecule has 3 heterocycles. The summed E-state index contributed by atoms with van der Waals surface area (Å²) in [5, 5.41) is 11.6. The first-order valence-corrected chi connectivity index (χ1v) is 11.4. The van der Waals surface area contributed by atoms with Crippen molar-refractivity contribution in [3.63, 3.8) is 0 Å². The van der Waals surface area contributed by atoms with Crippen LogP contribution in [0.2, 0.25) is 0 Å². The van der Waals surface area contributed by atoms with E-state index in [1.54, 1.807) is 0 Å². The van der Waals surface area contributed by atoms with E-state index in [9.17, 15) is 10.1 Å². The van der Waals surface area contributed by atoms with E-state index in [-0.39, 0.29) is 12.1 Å². The quantitative estimate of drug-likeness (QED) is 0.692. The first kappa shape index (κ1) is 20.3. The highest BCUT2D eigenvalue weighted by Gasteiger charge is 2.42. The monoisotopic (exact) mass is 419 g/mol. The number of rotatable bonds is 5. The van der Waals surface area contributed by atoms with Gasteiger partial charge in [-0.1, -0.05) is 24.3 Å². The Bertz CT molecular complexity index is 981. The van der Waals surface area contributed by atoms with Gasteiger partial charge in [-0.25, -0.2) is 0 Å². The average Bonchev–Trinajstić information content (AvgIpc) is 3.07. The first-order chi connectivity index (χ1) is 15.2. The number of ether oxygens (including phenoxy) is 2. The van der Waals surface area contributed by atoms with Gasteiger partial charge in [0.15, 0.2) is 0 Å². The van der Waals surface area contributed by atoms with E-state index in [2.05, 4.69) is 28.0 Å². The number of hydrogen-bond donors (Lipinski definition) is 0. The summed E-state index contributed by atoms with van der Waals surface area (Å²) in [6.07, 6.45) is 4.48. The highest BCUT2D eigenvalue weighted by Crippen LogP contribution is 2.43. The van der Waals surface area contributed by atoms with Gasteiger partial charge in [0, 0.05) is 61.0 Å². The molecule has 2 bridgehead atoms. The molecule has 6 nitrogen and oxygen atoms in total. The Balaban J connectivity index is 1.25. The van der Waals surface area contributed by atoms with Gasteiger partial charge in [-0.2, -0.15) is 5.26 Å². The molecule has 3 saturated heterocycles. The number of esters is 1. The van der Waals surface area contributed by atoms with Gasteiger partial charge in [0.25, 0.3) is 0 Å². The lowest BCUT2D eigenvalue weighted by atomic mass is 9.96. The number of morpholine rings is 1. The maximum Gasteiger partial charge on any atom is 0.307 e. The van der Waals surface area contributed by atoms with Crippen LogP contribution in [0.5, 0.6) is 0 Å². The molecule has 2 unspecified atom stereocenters. The summed E-state index contributed by atoms with van der Waals surface area (Å²) in [4.78, 5) is 17.3. The van der Waals surface area contributed by atoms with Crippen LogP contribution in [0.1, 0.15) is 37.7 Å². The molecule has 0 N–H and O–H groups in total. The minimum Gasteiger partial charge on any atom is -0.462 e. The van der Waals surface area contributed by atoms with Crippen molar-refractivity contribution in [2.75, 3.05) is 37.7 Å². The van der Waals surface area contributed by atoms with Crippen LogP contribution in [0, 0.1) is 11.3 Å². The summed E-state index contributed by atoms with van der Waals surface area (Å²) in [7, 11) is 0. The molecule has 6 heteroatoms. The molecule has 2 aromatic rings. The molecule has 0 saturated carbocycles. The van der Waals surface area contributed by atoms with Crippen molar-refractivity contribution in [2.45, 2.75) is 50.3 Å². The first-order valence-electron chi connectivity index (χ1n) is 11.4. The maximum absolute atomic E-state index is 12.5. The van der Waals surface area contributed by atoms with Crippen LogP contribution >= 0.6 is 0 Å². The van der Waals surface area contributed by atoms with E-state index in [4.69, 9.17) is 9.47 Å². The van der Waals surface area contributed by atoms with Crippen LogP contribution in [-0.4, -0.2) is 61.9 Å². The summed E-state index contributed by atoms with van der Waals surface area (Å²) >= 11 is 0. The molecule has 31 heavy (non-hydrogen) atoms. The van der Waals surface area contributed by atoms with Crippen LogP contribution in [0.25, 0.3) is 10.8 Å². The molecule has 2 atom stereocenters. The van der Waals surface area contributed by atoms with Crippen molar-refractivity contribution in [3.05, 3.63) is 42.0 Å². The molecule has 0 spiro atoms. The van der Waals surface area contributed by atoms with E-state index in [1.165, 1.54) is 5.69 Å². The normalized spacial score (nSPS) is 26.0. The lowest BCUT2D eigenvalue weighted by Gasteiger charge is -2.40. The highest BCUT2D eigenvalue weighted by molar-refractivity contribution is 5.98. The second-order valence-electron chi connectivity index (χ2n) is 8.87. The van der Waals surface area contributed by atoms with E-state index < -0.39 is 0 Å². The van der Waals surface area contributed by atoms with Crippen molar-refractivity contribution in [1.82, 2.24) is 4.90 Å². The van der Waals surface area contributed by atoms with Crippen molar-refractivity contribution >= 4 is 22.4 Å². The fraction of sp³-hybridized carbons (Fsp3) is 0.520. The number of piperidine rings is 1. The van der Waals surface area contributed by atoms with Crippen LogP contribution in [-0.2, 0) is 14.3 Å². The fourth-order valence-electron chi connectivity index (χ4n) is 5.54. The molecule has 162 valence electrons. The molecule has 3 aliphatic rings. The maximum atomic E-state index is 12.5. The van der Waals surface area contributed by atoms with E-state index >= 15 is 0 Å². The number of anilines is 1. The van der Waals surface area contributed by atoms with Crippen molar-refractivity contribution in [2.24, 2.45) is 0 Å². The van der Waals surface area contributed by atoms with Gasteiger partial charge >= 0.3 is 5.97 Å². The Morgan fingerprint density at radius 1 is 1.06 bits per heavy atom. The van der Waals surface area contributed by atoms with Crippen molar-refractivity contribution in [3.8, 4) is 6.07 Å². The number of fused-ring (bicyclic) bond motifs is 3. The van der Waals surface area contributed by atoms with E-state index in [0.29, 0.717) is 18.5 Å². The molecular weight excluding hydrogens is 390 g/mol. The van der Waals surface area contributed by atoms with Gasteiger partial charge in [0.1, 0.15) is 6.10 Å². The standard InChI is InChI=1S/C25H29N3O3/c26-17-18-5-8-24(23-4-2-1-3-22(18)23)28-19-6-7-20(28)16-21(15-19)31-25(29)9-10-27-11-13-30-14-12-27/h1-5,8,19-21H,6-7,9-16H2. The van der Waals surface area contributed by atoms with Gasteiger partial charge in [-0.05, 0) is 25.0 Å². The predicted octanol–water partition coefficient (Wildman–Crippen LogP) is 3.48. The molecule has 0 radical (unpaired) electrons. The molecule has 3 fully saturated rings. The summed E-state index contributed by atoms with van der Waals surface area (Å²) in [6, 6.07) is 15.3. The number of carbonyl (C=O) groups is 1. The average molecular weight is 420 g/mol. The Hall–Kier alpha value is -2.62.